The van der Waals surface area contributed by atoms with Crippen molar-refractivity contribution in [3.05, 3.63) is 40.9 Å². The van der Waals surface area contributed by atoms with Gasteiger partial charge in [0, 0.05) is 23.1 Å². The fourth-order valence-corrected chi connectivity index (χ4v) is 3.89. The maximum atomic E-state index is 12.8. The van der Waals surface area contributed by atoms with Crippen molar-refractivity contribution < 1.29 is 14.3 Å². The molecule has 6 heteroatoms. The van der Waals surface area contributed by atoms with E-state index in [1.54, 1.807) is 4.90 Å². The number of amides is 2. The number of nitrogens with one attached hydrogen (secondary N) is 1. The van der Waals surface area contributed by atoms with Crippen LogP contribution in [0.4, 0.5) is 0 Å². The van der Waals surface area contributed by atoms with E-state index < -0.39 is 0 Å². The van der Waals surface area contributed by atoms with Gasteiger partial charge in [0.25, 0.3) is 0 Å². The molecule has 0 saturated carbocycles. The van der Waals surface area contributed by atoms with Crippen LogP contribution in [0.25, 0.3) is 0 Å². The van der Waals surface area contributed by atoms with Crippen molar-refractivity contribution in [1.29, 1.82) is 0 Å². The Labute approximate surface area is 156 Å². The second-order valence-electron chi connectivity index (χ2n) is 6.56. The minimum Gasteiger partial charge on any atom is -0.493 e. The Morgan fingerprint density at radius 2 is 2.16 bits per heavy atom. The highest BCUT2D eigenvalue weighted by atomic mass is 79.9. The van der Waals surface area contributed by atoms with Gasteiger partial charge in [0.15, 0.2) is 0 Å². The summed E-state index contributed by atoms with van der Waals surface area (Å²) in [7, 11) is 0. The van der Waals surface area contributed by atoms with E-state index in [0.29, 0.717) is 19.7 Å². The number of piperidine rings is 1. The first-order valence-corrected chi connectivity index (χ1v) is 9.51. The summed E-state index contributed by atoms with van der Waals surface area (Å²) in [6.45, 7) is 5.35. The first kappa shape index (κ1) is 18.0. The summed E-state index contributed by atoms with van der Waals surface area (Å²) in [6, 6.07) is 5.84. The van der Waals surface area contributed by atoms with Crippen LogP contribution in [0.5, 0.6) is 5.75 Å². The molecule has 0 aliphatic carbocycles. The lowest BCUT2D eigenvalue weighted by atomic mass is 9.95. The Bertz CT molecular complexity index is 677. The van der Waals surface area contributed by atoms with Crippen LogP contribution in [-0.2, 0) is 9.59 Å². The number of carbonyl (C=O) groups excluding carboxylic acids is 2. The molecule has 2 heterocycles. The van der Waals surface area contributed by atoms with Gasteiger partial charge in [-0.2, -0.15) is 0 Å². The summed E-state index contributed by atoms with van der Waals surface area (Å²) < 4.78 is 6.76. The Morgan fingerprint density at radius 1 is 1.32 bits per heavy atom. The largest absolute Gasteiger partial charge is 0.493 e. The van der Waals surface area contributed by atoms with Crippen LogP contribution >= 0.6 is 15.9 Å². The first-order chi connectivity index (χ1) is 12.1. The van der Waals surface area contributed by atoms with Crippen molar-refractivity contribution >= 4 is 27.7 Å². The number of hydrogen-bond acceptors (Lipinski definition) is 3. The third kappa shape index (κ3) is 4.24. The van der Waals surface area contributed by atoms with Gasteiger partial charge in [-0.15, -0.1) is 0 Å². The molecule has 0 bridgehead atoms. The molecular weight excluding hydrogens is 384 g/mol. The summed E-state index contributed by atoms with van der Waals surface area (Å²) in [5.41, 5.74) is 1.01. The van der Waals surface area contributed by atoms with Crippen LogP contribution in [0.1, 0.15) is 37.3 Å². The molecule has 0 spiro atoms. The molecule has 5 nitrogen and oxygen atoms in total. The SMILES string of the molecule is C=CC(=O)N1CCCC(C(=O)NC2CCCOc3ccc(Br)cc32)C1. The Balaban J connectivity index is 1.71. The number of hydrogen-bond donors (Lipinski definition) is 1. The molecule has 2 amide bonds. The zero-order valence-corrected chi connectivity index (χ0v) is 15.8. The van der Waals surface area contributed by atoms with E-state index in [4.69, 9.17) is 4.74 Å². The fraction of sp³-hybridized carbons (Fsp3) is 0.474. The maximum Gasteiger partial charge on any atom is 0.245 e. The predicted octanol–water partition coefficient (Wildman–Crippen LogP) is 3.20. The lowest BCUT2D eigenvalue weighted by molar-refractivity contribution is -0.132. The van der Waals surface area contributed by atoms with Crippen LogP contribution in [0.3, 0.4) is 0 Å². The van der Waals surface area contributed by atoms with Crippen LogP contribution in [0, 0.1) is 5.92 Å². The van der Waals surface area contributed by atoms with Crippen molar-refractivity contribution in [1.82, 2.24) is 10.2 Å². The second kappa shape index (κ2) is 8.04. The molecule has 2 atom stereocenters. The third-order valence-electron chi connectivity index (χ3n) is 4.84. The van der Waals surface area contributed by atoms with E-state index in [1.807, 2.05) is 18.2 Å². The first-order valence-electron chi connectivity index (χ1n) is 8.72. The molecule has 25 heavy (non-hydrogen) atoms. The van der Waals surface area contributed by atoms with Gasteiger partial charge in [0.1, 0.15) is 5.75 Å². The highest BCUT2D eigenvalue weighted by molar-refractivity contribution is 9.10. The normalized spacial score (nSPS) is 23.0. The van der Waals surface area contributed by atoms with E-state index in [2.05, 4.69) is 27.8 Å². The molecule has 134 valence electrons. The topological polar surface area (TPSA) is 58.6 Å². The monoisotopic (exact) mass is 406 g/mol. The van der Waals surface area contributed by atoms with Crippen molar-refractivity contribution in [3.63, 3.8) is 0 Å². The third-order valence-corrected chi connectivity index (χ3v) is 5.33. The van der Waals surface area contributed by atoms with E-state index >= 15 is 0 Å². The van der Waals surface area contributed by atoms with Crippen LogP contribution in [0.2, 0.25) is 0 Å². The van der Waals surface area contributed by atoms with E-state index in [-0.39, 0.29) is 23.8 Å². The number of fused-ring (bicyclic) bond motifs is 1. The molecule has 1 aromatic rings. The zero-order chi connectivity index (χ0) is 17.8. The van der Waals surface area contributed by atoms with Gasteiger partial charge >= 0.3 is 0 Å². The van der Waals surface area contributed by atoms with E-state index in [9.17, 15) is 9.59 Å². The van der Waals surface area contributed by atoms with Gasteiger partial charge in [0.05, 0.1) is 18.6 Å². The molecule has 1 saturated heterocycles. The summed E-state index contributed by atoms with van der Waals surface area (Å²) in [5, 5.41) is 3.19. The number of likely N-dealkylation sites (tertiary alicyclic amines) is 1. The predicted molar refractivity (Wildman–Crippen MR) is 99.3 cm³/mol. The summed E-state index contributed by atoms with van der Waals surface area (Å²) in [5.74, 6) is 0.574. The maximum absolute atomic E-state index is 12.8. The summed E-state index contributed by atoms with van der Waals surface area (Å²) >= 11 is 3.50. The Hall–Kier alpha value is -1.82. The number of carbonyl (C=O) groups is 2. The van der Waals surface area contributed by atoms with Gasteiger partial charge in [-0.1, -0.05) is 22.5 Å². The molecule has 2 aliphatic heterocycles. The Morgan fingerprint density at radius 3 is 2.96 bits per heavy atom. The molecule has 1 aromatic carbocycles. The van der Waals surface area contributed by atoms with Crippen molar-refractivity contribution in [3.8, 4) is 5.75 Å². The minimum absolute atomic E-state index is 0.0133. The Kier molecular flexibility index (Phi) is 5.78. The van der Waals surface area contributed by atoms with Crippen molar-refractivity contribution in [2.75, 3.05) is 19.7 Å². The minimum atomic E-state index is -0.169. The molecule has 0 aromatic heterocycles. The summed E-state index contributed by atoms with van der Waals surface area (Å²) in [4.78, 5) is 26.3. The van der Waals surface area contributed by atoms with Crippen molar-refractivity contribution in [2.45, 2.75) is 31.7 Å². The molecular formula is C19H23BrN2O3. The van der Waals surface area contributed by atoms with Gasteiger partial charge in [-0.05, 0) is 50.0 Å². The molecule has 0 radical (unpaired) electrons. The molecule has 1 fully saturated rings. The summed E-state index contributed by atoms with van der Waals surface area (Å²) in [6.07, 6.45) is 4.70. The number of benzene rings is 1. The smallest absolute Gasteiger partial charge is 0.245 e. The van der Waals surface area contributed by atoms with E-state index in [1.165, 1.54) is 6.08 Å². The van der Waals surface area contributed by atoms with E-state index in [0.717, 1.165) is 41.5 Å². The average molecular weight is 407 g/mol. The van der Waals surface area contributed by atoms with Gasteiger partial charge in [-0.25, -0.2) is 0 Å². The highest BCUT2D eigenvalue weighted by Gasteiger charge is 2.30. The number of nitrogens with zero attached hydrogens (tertiary/aromatic N) is 1. The van der Waals surface area contributed by atoms with Gasteiger partial charge < -0.3 is 15.0 Å². The fourth-order valence-electron chi connectivity index (χ4n) is 3.51. The number of halogens is 1. The zero-order valence-electron chi connectivity index (χ0n) is 14.2. The quantitative estimate of drug-likeness (QED) is 0.783. The number of ether oxygens (including phenoxy) is 1. The molecule has 1 N–H and O–H groups in total. The molecule has 2 aliphatic rings. The second-order valence-corrected chi connectivity index (χ2v) is 7.48. The molecule has 3 rings (SSSR count). The van der Waals surface area contributed by atoms with Crippen LogP contribution in [-0.4, -0.2) is 36.4 Å². The van der Waals surface area contributed by atoms with Crippen molar-refractivity contribution in [2.24, 2.45) is 5.92 Å². The average Bonchev–Trinajstić information content (AvgIpc) is 2.83. The lowest BCUT2D eigenvalue weighted by Gasteiger charge is -2.32. The van der Waals surface area contributed by atoms with Crippen LogP contribution in [0.15, 0.2) is 35.3 Å². The van der Waals surface area contributed by atoms with Gasteiger partial charge in [-0.3, -0.25) is 9.59 Å². The number of rotatable bonds is 3. The van der Waals surface area contributed by atoms with Gasteiger partial charge in [0.2, 0.25) is 11.8 Å². The standard InChI is InChI=1S/C19H23BrN2O3/c1-2-18(23)22-9-3-5-13(12-22)19(24)21-16-6-4-10-25-17-8-7-14(20)11-15(16)17/h2,7-8,11,13,16H,1,3-6,9-10,12H2,(H,21,24). The van der Waals surface area contributed by atoms with Crippen LogP contribution < -0.4 is 10.1 Å². The molecule has 2 unspecified atom stereocenters. The lowest BCUT2D eigenvalue weighted by Crippen LogP contribution is -2.45. The highest BCUT2D eigenvalue weighted by Crippen LogP contribution is 2.34.